The van der Waals surface area contributed by atoms with Crippen LogP contribution in [0.15, 0.2) is 12.4 Å². The topological polar surface area (TPSA) is 84.2 Å². The Bertz CT molecular complexity index is 861. The van der Waals surface area contributed by atoms with Crippen LogP contribution in [0, 0.1) is 5.41 Å². The van der Waals surface area contributed by atoms with Gasteiger partial charge in [0.15, 0.2) is 0 Å². The van der Waals surface area contributed by atoms with Crippen LogP contribution in [0.3, 0.4) is 0 Å². The summed E-state index contributed by atoms with van der Waals surface area (Å²) in [6, 6.07) is 0. The average molecular weight is 361 g/mol. The minimum Gasteiger partial charge on any atom is -0.478 e. The summed E-state index contributed by atoms with van der Waals surface area (Å²) < 4.78 is 1.54. The first kappa shape index (κ1) is 17.7. The van der Waals surface area contributed by atoms with Gasteiger partial charge in [0.2, 0.25) is 0 Å². The highest BCUT2D eigenvalue weighted by molar-refractivity contribution is 7.17. The molecule has 0 atom stereocenters. The zero-order valence-electron chi connectivity index (χ0n) is 15.1. The first-order chi connectivity index (χ1) is 11.5. The number of hydrogen-bond acceptors (Lipinski definition) is 4. The number of amides is 1. The smallest absolute Gasteiger partial charge is 0.339 e. The maximum Gasteiger partial charge on any atom is 0.339 e. The predicted molar refractivity (Wildman–Crippen MR) is 97.6 cm³/mol. The molecule has 25 heavy (non-hydrogen) atoms. The molecule has 7 heteroatoms. The van der Waals surface area contributed by atoms with E-state index in [1.165, 1.54) is 22.2 Å². The van der Waals surface area contributed by atoms with Gasteiger partial charge in [-0.25, -0.2) is 4.79 Å². The van der Waals surface area contributed by atoms with Gasteiger partial charge in [-0.1, -0.05) is 27.7 Å². The van der Waals surface area contributed by atoms with Gasteiger partial charge in [-0.2, -0.15) is 5.10 Å². The number of fused-ring (bicyclic) bond motifs is 1. The molecule has 6 nitrogen and oxygen atoms in total. The van der Waals surface area contributed by atoms with Gasteiger partial charge in [0.25, 0.3) is 5.91 Å². The molecule has 0 aromatic carbocycles. The molecule has 0 aliphatic heterocycles. The SMILES string of the molecule is Cn1cc(C(=O)Nc2sc3c(c2C(=O)O)CC(C)(C)CC3(C)C)cn1. The third-order valence-corrected chi connectivity index (χ3v) is 6.12. The number of rotatable bonds is 3. The highest BCUT2D eigenvalue weighted by Gasteiger charge is 2.42. The summed E-state index contributed by atoms with van der Waals surface area (Å²) in [4.78, 5) is 25.5. The molecule has 0 saturated carbocycles. The van der Waals surface area contributed by atoms with E-state index in [0.717, 1.165) is 16.9 Å². The second-order valence-corrected chi connectivity index (χ2v) is 9.20. The van der Waals surface area contributed by atoms with E-state index in [9.17, 15) is 14.7 Å². The van der Waals surface area contributed by atoms with Gasteiger partial charge >= 0.3 is 5.97 Å². The fraction of sp³-hybridized carbons (Fsp3) is 0.500. The Balaban J connectivity index is 2.05. The fourth-order valence-electron chi connectivity index (χ4n) is 4.03. The summed E-state index contributed by atoms with van der Waals surface area (Å²) in [7, 11) is 1.73. The van der Waals surface area contributed by atoms with Gasteiger partial charge in [0.05, 0.1) is 17.3 Å². The van der Waals surface area contributed by atoms with Crippen molar-refractivity contribution in [2.45, 2.75) is 46.0 Å². The molecular weight excluding hydrogens is 338 g/mol. The van der Waals surface area contributed by atoms with Gasteiger partial charge in [-0.15, -0.1) is 11.3 Å². The number of carbonyl (C=O) groups excluding carboxylic acids is 1. The maximum atomic E-state index is 12.5. The molecule has 0 unspecified atom stereocenters. The predicted octanol–water partition coefficient (Wildman–Crippen LogP) is 3.68. The minimum absolute atomic E-state index is 0.0202. The van der Waals surface area contributed by atoms with Crippen molar-refractivity contribution in [2.75, 3.05) is 5.32 Å². The van der Waals surface area contributed by atoms with E-state index >= 15 is 0 Å². The fourth-order valence-corrected chi connectivity index (χ4v) is 5.33. The van der Waals surface area contributed by atoms with Crippen LogP contribution < -0.4 is 5.32 Å². The van der Waals surface area contributed by atoms with Crippen molar-refractivity contribution in [3.63, 3.8) is 0 Å². The van der Waals surface area contributed by atoms with E-state index in [4.69, 9.17) is 0 Å². The van der Waals surface area contributed by atoms with E-state index in [1.54, 1.807) is 13.2 Å². The lowest BCUT2D eigenvalue weighted by atomic mass is 9.65. The lowest BCUT2D eigenvalue weighted by molar-refractivity contribution is 0.0696. The molecule has 0 fully saturated rings. The largest absolute Gasteiger partial charge is 0.478 e. The molecule has 0 spiro atoms. The first-order valence-corrected chi connectivity index (χ1v) is 9.01. The quantitative estimate of drug-likeness (QED) is 0.873. The molecule has 2 N–H and O–H groups in total. The summed E-state index contributed by atoms with van der Waals surface area (Å²) in [5, 5.41) is 17.0. The number of aromatic carboxylic acids is 1. The van der Waals surface area contributed by atoms with Crippen LogP contribution in [0.25, 0.3) is 0 Å². The molecule has 2 aromatic heterocycles. The number of aryl methyl sites for hydroxylation is 1. The van der Waals surface area contributed by atoms with Crippen molar-refractivity contribution in [3.05, 3.63) is 34.0 Å². The Morgan fingerprint density at radius 3 is 2.56 bits per heavy atom. The molecule has 0 saturated heterocycles. The molecule has 1 amide bonds. The number of hydrogen-bond donors (Lipinski definition) is 2. The third-order valence-electron chi connectivity index (χ3n) is 4.61. The van der Waals surface area contributed by atoms with Gasteiger partial charge in [0, 0.05) is 18.1 Å². The Hall–Kier alpha value is -2.15. The maximum absolute atomic E-state index is 12.5. The monoisotopic (exact) mass is 361 g/mol. The number of aromatic nitrogens is 2. The Kier molecular flexibility index (Phi) is 4.02. The summed E-state index contributed by atoms with van der Waals surface area (Å²) >= 11 is 1.39. The van der Waals surface area contributed by atoms with Gasteiger partial charge < -0.3 is 10.4 Å². The van der Waals surface area contributed by atoms with Crippen molar-refractivity contribution in [2.24, 2.45) is 12.5 Å². The molecule has 0 bridgehead atoms. The van der Waals surface area contributed by atoms with Crippen LogP contribution in [0.5, 0.6) is 0 Å². The first-order valence-electron chi connectivity index (χ1n) is 8.20. The highest BCUT2D eigenvalue weighted by Crippen LogP contribution is 2.52. The summed E-state index contributed by atoms with van der Waals surface area (Å²) in [5.41, 5.74) is 1.40. The normalized spacial score (nSPS) is 17.8. The van der Waals surface area contributed by atoms with E-state index in [2.05, 4.69) is 38.1 Å². The lowest BCUT2D eigenvalue weighted by Crippen LogP contribution is -2.34. The van der Waals surface area contributed by atoms with E-state index < -0.39 is 5.97 Å². The molecule has 3 rings (SSSR count). The molecule has 2 aromatic rings. The van der Waals surface area contributed by atoms with E-state index in [0.29, 0.717) is 17.0 Å². The standard InChI is InChI=1S/C18H23N3O3S/c1-17(2)6-11-12(16(23)24)15(25-13(11)18(3,4)9-17)20-14(22)10-7-19-21(5)8-10/h7-8H,6,9H2,1-5H3,(H,20,22)(H,23,24). The molecular formula is C18H23N3O3S. The molecule has 1 aliphatic rings. The van der Waals surface area contributed by atoms with E-state index in [-0.39, 0.29) is 22.3 Å². The lowest BCUT2D eigenvalue weighted by Gasteiger charge is -2.40. The second-order valence-electron chi connectivity index (χ2n) is 8.18. The van der Waals surface area contributed by atoms with Gasteiger partial charge in [-0.3, -0.25) is 9.48 Å². The highest BCUT2D eigenvalue weighted by atomic mass is 32.1. The third kappa shape index (κ3) is 3.20. The van der Waals surface area contributed by atoms with Crippen molar-refractivity contribution in [3.8, 4) is 0 Å². The number of thiophene rings is 1. The van der Waals surface area contributed by atoms with Crippen LogP contribution >= 0.6 is 11.3 Å². The molecule has 0 radical (unpaired) electrons. The number of carboxylic acids is 1. The molecule has 2 heterocycles. The number of nitrogens with one attached hydrogen (secondary N) is 1. The summed E-state index contributed by atoms with van der Waals surface area (Å²) in [6.45, 7) is 8.60. The molecule has 1 aliphatic carbocycles. The van der Waals surface area contributed by atoms with Crippen molar-refractivity contribution in [1.82, 2.24) is 9.78 Å². The molecule has 134 valence electrons. The van der Waals surface area contributed by atoms with Gasteiger partial charge in [0.1, 0.15) is 5.00 Å². The van der Waals surface area contributed by atoms with E-state index in [1.807, 2.05) is 0 Å². The van der Waals surface area contributed by atoms with Gasteiger partial charge in [-0.05, 0) is 29.2 Å². The second kappa shape index (κ2) is 5.69. The van der Waals surface area contributed by atoms with Crippen LogP contribution in [0.1, 0.15) is 65.3 Å². The van der Waals surface area contributed by atoms with Crippen molar-refractivity contribution < 1.29 is 14.7 Å². The Morgan fingerprint density at radius 1 is 1.32 bits per heavy atom. The van der Waals surface area contributed by atoms with Crippen LogP contribution in [-0.2, 0) is 18.9 Å². The summed E-state index contributed by atoms with van der Waals surface area (Å²) in [6.07, 6.45) is 4.75. The Labute approximate surface area is 150 Å². The number of carboxylic acid groups (broad SMARTS) is 1. The number of anilines is 1. The van der Waals surface area contributed by atoms with Crippen molar-refractivity contribution >= 4 is 28.2 Å². The summed E-state index contributed by atoms with van der Waals surface area (Å²) in [5.74, 6) is -1.33. The Morgan fingerprint density at radius 2 is 2.00 bits per heavy atom. The number of nitrogens with zero attached hydrogens (tertiary/aromatic N) is 2. The van der Waals surface area contributed by atoms with Crippen LogP contribution in [0.2, 0.25) is 0 Å². The average Bonchev–Trinajstić information content (AvgIpc) is 3.01. The zero-order valence-corrected chi connectivity index (χ0v) is 16.0. The van der Waals surface area contributed by atoms with Crippen LogP contribution in [-0.4, -0.2) is 26.8 Å². The number of carbonyl (C=O) groups is 2. The van der Waals surface area contributed by atoms with Crippen molar-refractivity contribution in [1.29, 1.82) is 0 Å². The zero-order chi connectivity index (χ0) is 18.6. The van der Waals surface area contributed by atoms with Crippen LogP contribution in [0.4, 0.5) is 5.00 Å². The minimum atomic E-state index is -0.993.